The number of hydrogen-bond acceptors (Lipinski definition) is 4. The van der Waals surface area contributed by atoms with E-state index in [9.17, 15) is 0 Å². The van der Waals surface area contributed by atoms with E-state index in [2.05, 4.69) is 10.5 Å². The minimum absolute atomic E-state index is 0.260. The predicted octanol–water partition coefficient (Wildman–Crippen LogP) is 2.57. The second-order valence-corrected chi connectivity index (χ2v) is 4.21. The van der Waals surface area contributed by atoms with E-state index >= 15 is 0 Å². The maximum Gasteiger partial charge on any atom is 0.155 e. The van der Waals surface area contributed by atoms with Crippen molar-refractivity contribution in [3.8, 4) is 0 Å². The Hall–Kier alpha value is -1.59. The number of anilines is 1. The van der Waals surface area contributed by atoms with Crippen molar-refractivity contribution in [2.45, 2.75) is 6.54 Å². The third-order valence-electron chi connectivity index (χ3n) is 2.20. The first-order chi connectivity index (χ1) is 8.18. The molecule has 17 heavy (non-hydrogen) atoms. The van der Waals surface area contributed by atoms with E-state index in [-0.39, 0.29) is 4.99 Å². The molecule has 1 aromatic heterocycles. The summed E-state index contributed by atoms with van der Waals surface area (Å²) in [5, 5.41) is 7.30. The number of aromatic nitrogens is 1. The number of rotatable bonds is 4. The van der Waals surface area contributed by atoms with Crippen LogP contribution in [0.15, 0.2) is 35.0 Å². The van der Waals surface area contributed by atoms with Crippen LogP contribution in [0, 0.1) is 0 Å². The molecule has 0 saturated heterocycles. The summed E-state index contributed by atoms with van der Waals surface area (Å²) in [4.78, 5) is 0.260. The van der Waals surface area contributed by atoms with Gasteiger partial charge in [0, 0.05) is 11.8 Å². The van der Waals surface area contributed by atoms with Crippen LogP contribution >= 0.6 is 23.8 Å². The quantitative estimate of drug-likeness (QED) is 0.834. The summed E-state index contributed by atoms with van der Waals surface area (Å²) in [5.41, 5.74) is 7.06. The second-order valence-electron chi connectivity index (χ2n) is 3.36. The van der Waals surface area contributed by atoms with Gasteiger partial charge in [0.15, 0.2) is 5.76 Å². The molecule has 0 spiro atoms. The lowest BCUT2D eigenvalue weighted by Crippen LogP contribution is -2.13. The highest BCUT2D eigenvalue weighted by atomic mass is 35.5. The van der Waals surface area contributed by atoms with Crippen molar-refractivity contribution in [2.75, 3.05) is 5.32 Å². The minimum atomic E-state index is 0.260. The van der Waals surface area contributed by atoms with Crippen LogP contribution in [0.3, 0.4) is 0 Å². The van der Waals surface area contributed by atoms with Crippen molar-refractivity contribution in [1.29, 1.82) is 0 Å². The maximum absolute atomic E-state index is 6.04. The van der Waals surface area contributed by atoms with Crippen LogP contribution in [0.1, 0.15) is 11.3 Å². The zero-order valence-electron chi connectivity index (χ0n) is 8.81. The van der Waals surface area contributed by atoms with Crippen molar-refractivity contribution in [3.05, 3.63) is 46.8 Å². The molecule has 0 aliphatic heterocycles. The molecule has 0 bridgehead atoms. The van der Waals surface area contributed by atoms with E-state index in [1.165, 1.54) is 0 Å². The summed E-state index contributed by atoms with van der Waals surface area (Å²) in [7, 11) is 0. The van der Waals surface area contributed by atoms with Gasteiger partial charge in [-0.25, -0.2) is 0 Å². The Morgan fingerprint density at radius 2 is 2.29 bits per heavy atom. The fraction of sp³-hybridized carbons (Fsp3) is 0.0909. The van der Waals surface area contributed by atoms with Gasteiger partial charge in [0.25, 0.3) is 0 Å². The first-order valence-corrected chi connectivity index (χ1v) is 5.69. The van der Waals surface area contributed by atoms with Crippen molar-refractivity contribution in [2.24, 2.45) is 5.73 Å². The number of nitrogens with zero attached hydrogens (tertiary/aromatic N) is 1. The molecule has 0 amide bonds. The van der Waals surface area contributed by atoms with Gasteiger partial charge >= 0.3 is 0 Å². The van der Waals surface area contributed by atoms with Gasteiger partial charge < -0.3 is 15.6 Å². The van der Waals surface area contributed by atoms with E-state index in [1.807, 2.05) is 12.1 Å². The van der Waals surface area contributed by atoms with Gasteiger partial charge in [0.05, 0.1) is 23.3 Å². The first-order valence-electron chi connectivity index (χ1n) is 4.90. The molecule has 0 aliphatic carbocycles. The normalized spacial score (nSPS) is 10.2. The van der Waals surface area contributed by atoms with Gasteiger partial charge in [-0.3, -0.25) is 0 Å². The Morgan fingerprint density at radius 1 is 1.47 bits per heavy atom. The van der Waals surface area contributed by atoms with Gasteiger partial charge in [0.1, 0.15) is 4.99 Å². The maximum atomic E-state index is 6.04. The van der Waals surface area contributed by atoms with Gasteiger partial charge in [-0.05, 0) is 12.1 Å². The Balaban J connectivity index is 2.21. The van der Waals surface area contributed by atoms with Crippen molar-refractivity contribution >= 4 is 34.5 Å². The van der Waals surface area contributed by atoms with Crippen LogP contribution < -0.4 is 11.1 Å². The minimum Gasteiger partial charge on any atom is -0.389 e. The third-order valence-corrected chi connectivity index (χ3v) is 2.72. The fourth-order valence-electron chi connectivity index (χ4n) is 1.44. The average Bonchev–Trinajstić information content (AvgIpc) is 2.78. The molecular formula is C11H10ClN3OS. The van der Waals surface area contributed by atoms with Crippen molar-refractivity contribution < 1.29 is 4.52 Å². The highest BCUT2D eigenvalue weighted by Crippen LogP contribution is 2.24. The molecule has 0 radical (unpaired) electrons. The van der Waals surface area contributed by atoms with Crippen LogP contribution in [0.25, 0.3) is 0 Å². The zero-order chi connectivity index (χ0) is 12.3. The molecule has 88 valence electrons. The van der Waals surface area contributed by atoms with E-state index in [0.717, 1.165) is 11.4 Å². The summed E-state index contributed by atoms with van der Waals surface area (Å²) >= 11 is 11.0. The smallest absolute Gasteiger partial charge is 0.155 e. The van der Waals surface area contributed by atoms with Crippen LogP contribution in [-0.2, 0) is 6.54 Å². The largest absolute Gasteiger partial charge is 0.389 e. The second kappa shape index (κ2) is 5.16. The van der Waals surface area contributed by atoms with E-state index in [1.54, 1.807) is 18.3 Å². The summed E-state index contributed by atoms with van der Waals surface area (Å²) in [5.74, 6) is 0.721. The Kier molecular flexibility index (Phi) is 3.61. The molecule has 1 aromatic carbocycles. The van der Waals surface area contributed by atoms with Gasteiger partial charge in [0.2, 0.25) is 0 Å². The lowest BCUT2D eigenvalue weighted by molar-refractivity contribution is 0.388. The molecule has 0 aliphatic rings. The molecule has 0 saturated carbocycles. The van der Waals surface area contributed by atoms with Crippen molar-refractivity contribution in [3.63, 3.8) is 0 Å². The van der Waals surface area contributed by atoms with Gasteiger partial charge in [-0.1, -0.05) is 35.0 Å². The number of hydrogen-bond donors (Lipinski definition) is 2. The van der Waals surface area contributed by atoms with E-state index in [4.69, 9.17) is 34.1 Å². The lowest BCUT2D eigenvalue weighted by Gasteiger charge is -2.11. The molecule has 3 N–H and O–H groups in total. The SMILES string of the molecule is NC(=S)c1c(Cl)cccc1NCc1ccno1. The van der Waals surface area contributed by atoms with Gasteiger partial charge in [-0.2, -0.15) is 0 Å². The Bertz CT molecular complexity index is 528. The topological polar surface area (TPSA) is 64.1 Å². The van der Waals surface area contributed by atoms with Crippen molar-refractivity contribution in [1.82, 2.24) is 5.16 Å². The molecule has 6 heteroatoms. The molecule has 0 fully saturated rings. The number of benzene rings is 1. The molecule has 2 rings (SSSR count). The molecule has 0 atom stereocenters. The molecule has 0 unspecified atom stereocenters. The summed E-state index contributed by atoms with van der Waals surface area (Å²) in [6.07, 6.45) is 1.59. The molecule has 4 nitrogen and oxygen atoms in total. The van der Waals surface area contributed by atoms with E-state index in [0.29, 0.717) is 17.1 Å². The highest BCUT2D eigenvalue weighted by Gasteiger charge is 2.09. The summed E-state index contributed by atoms with van der Waals surface area (Å²) in [6, 6.07) is 7.21. The van der Waals surface area contributed by atoms with E-state index < -0.39 is 0 Å². The molecular weight excluding hydrogens is 258 g/mol. The van der Waals surface area contributed by atoms with Crippen LogP contribution in [0.2, 0.25) is 5.02 Å². The number of nitrogens with two attached hydrogens (primary N) is 1. The Morgan fingerprint density at radius 3 is 2.94 bits per heavy atom. The number of thiocarbonyl (C=S) groups is 1. The van der Waals surface area contributed by atoms with Crippen LogP contribution in [0.4, 0.5) is 5.69 Å². The summed E-state index contributed by atoms with van der Waals surface area (Å²) < 4.78 is 4.98. The average molecular weight is 268 g/mol. The highest BCUT2D eigenvalue weighted by molar-refractivity contribution is 7.80. The fourth-order valence-corrected chi connectivity index (χ4v) is 1.99. The summed E-state index contributed by atoms with van der Waals surface area (Å²) in [6.45, 7) is 0.496. The number of halogens is 1. The van der Waals surface area contributed by atoms with Gasteiger partial charge in [-0.15, -0.1) is 0 Å². The van der Waals surface area contributed by atoms with Crippen LogP contribution in [-0.4, -0.2) is 10.1 Å². The number of nitrogens with one attached hydrogen (secondary N) is 1. The molecule has 1 heterocycles. The standard InChI is InChI=1S/C11H10ClN3OS/c12-8-2-1-3-9(10(8)11(13)17)14-6-7-4-5-15-16-7/h1-5,14H,6H2,(H2,13,17). The van der Waals surface area contributed by atoms with Crippen LogP contribution in [0.5, 0.6) is 0 Å². The first kappa shape index (κ1) is 11.9. The lowest BCUT2D eigenvalue weighted by atomic mass is 10.1. The Labute approximate surface area is 109 Å². The molecule has 2 aromatic rings. The monoisotopic (exact) mass is 267 g/mol. The third kappa shape index (κ3) is 2.75. The zero-order valence-corrected chi connectivity index (χ0v) is 10.4. The predicted molar refractivity (Wildman–Crippen MR) is 71.2 cm³/mol.